The molecule has 0 aliphatic rings. The van der Waals surface area contributed by atoms with Crippen LogP contribution in [0.5, 0.6) is 0 Å². The van der Waals surface area contributed by atoms with Gasteiger partial charge in [-0.2, -0.15) is 0 Å². The molecule has 2 amide bonds. The van der Waals surface area contributed by atoms with E-state index in [0.717, 1.165) is 6.42 Å². The summed E-state index contributed by atoms with van der Waals surface area (Å²) in [6.07, 6.45) is 0.836. The fourth-order valence-corrected chi connectivity index (χ4v) is 0.654. The van der Waals surface area contributed by atoms with Gasteiger partial charge in [0.05, 0.1) is 5.54 Å². The van der Waals surface area contributed by atoms with Gasteiger partial charge < -0.3 is 16.0 Å². The molecule has 0 aliphatic carbocycles. The second-order valence-electron chi connectivity index (χ2n) is 3.44. The molecule has 3 N–H and O–H groups in total. The molecule has 1 atom stereocenters. The standard InChI is InChI=1S/C8H19N3O/c1-5-8(2,6-9)10-7(12)11(3)4/h5-6,9H2,1-4H3,(H,10,12). The second-order valence-corrected chi connectivity index (χ2v) is 3.44. The number of rotatable bonds is 3. The van der Waals surface area contributed by atoms with Crippen LogP contribution in [0.4, 0.5) is 4.79 Å². The highest BCUT2D eigenvalue weighted by molar-refractivity contribution is 5.74. The normalized spacial score (nSPS) is 15.1. The maximum atomic E-state index is 11.2. The summed E-state index contributed by atoms with van der Waals surface area (Å²) in [5.41, 5.74) is 5.26. The first kappa shape index (κ1) is 11.2. The lowest BCUT2D eigenvalue weighted by Gasteiger charge is -2.29. The van der Waals surface area contributed by atoms with Crippen LogP contribution in [0, 0.1) is 0 Å². The number of nitrogens with zero attached hydrogens (tertiary/aromatic N) is 1. The van der Waals surface area contributed by atoms with E-state index in [1.165, 1.54) is 4.90 Å². The van der Waals surface area contributed by atoms with E-state index in [-0.39, 0.29) is 11.6 Å². The van der Waals surface area contributed by atoms with Crippen molar-refractivity contribution in [3.8, 4) is 0 Å². The zero-order valence-corrected chi connectivity index (χ0v) is 8.35. The Morgan fingerprint density at radius 2 is 2.08 bits per heavy atom. The first-order valence-corrected chi connectivity index (χ1v) is 4.14. The predicted molar refractivity (Wildman–Crippen MR) is 50.0 cm³/mol. The molecule has 12 heavy (non-hydrogen) atoms. The second kappa shape index (κ2) is 4.30. The van der Waals surface area contributed by atoms with Gasteiger partial charge in [-0.1, -0.05) is 6.92 Å². The topological polar surface area (TPSA) is 58.4 Å². The first-order valence-electron chi connectivity index (χ1n) is 4.14. The molecule has 0 heterocycles. The van der Waals surface area contributed by atoms with Crippen molar-refractivity contribution in [2.24, 2.45) is 5.73 Å². The molecule has 72 valence electrons. The van der Waals surface area contributed by atoms with Crippen molar-refractivity contribution in [2.75, 3.05) is 20.6 Å². The van der Waals surface area contributed by atoms with Gasteiger partial charge in [0.2, 0.25) is 0 Å². The summed E-state index contributed by atoms with van der Waals surface area (Å²) in [7, 11) is 3.42. The van der Waals surface area contributed by atoms with Crippen molar-refractivity contribution in [2.45, 2.75) is 25.8 Å². The first-order chi connectivity index (χ1) is 5.45. The van der Waals surface area contributed by atoms with Crippen molar-refractivity contribution in [1.82, 2.24) is 10.2 Å². The van der Waals surface area contributed by atoms with E-state index in [2.05, 4.69) is 5.32 Å². The quantitative estimate of drug-likeness (QED) is 0.648. The minimum Gasteiger partial charge on any atom is -0.332 e. The van der Waals surface area contributed by atoms with Gasteiger partial charge in [0.25, 0.3) is 0 Å². The van der Waals surface area contributed by atoms with Crippen molar-refractivity contribution in [3.63, 3.8) is 0 Å². The Morgan fingerprint density at radius 1 is 1.58 bits per heavy atom. The maximum Gasteiger partial charge on any atom is 0.317 e. The third kappa shape index (κ3) is 3.09. The summed E-state index contributed by atoms with van der Waals surface area (Å²) in [5, 5.41) is 2.85. The zero-order chi connectivity index (χ0) is 9.78. The molecule has 4 heteroatoms. The number of amides is 2. The molecule has 0 saturated heterocycles. The zero-order valence-electron chi connectivity index (χ0n) is 8.35. The van der Waals surface area contributed by atoms with Gasteiger partial charge in [-0.3, -0.25) is 0 Å². The molecule has 0 saturated carbocycles. The van der Waals surface area contributed by atoms with Crippen molar-refractivity contribution in [1.29, 1.82) is 0 Å². The molecule has 0 aliphatic heterocycles. The smallest absolute Gasteiger partial charge is 0.317 e. The summed E-state index contributed by atoms with van der Waals surface area (Å²) in [4.78, 5) is 12.7. The average molecular weight is 173 g/mol. The van der Waals surface area contributed by atoms with E-state index >= 15 is 0 Å². The van der Waals surface area contributed by atoms with Gasteiger partial charge in [0, 0.05) is 20.6 Å². The minimum absolute atomic E-state index is 0.0928. The van der Waals surface area contributed by atoms with Crippen LogP contribution in [0.3, 0.4) is 0 Å². The lowest BCUT2D eigenvalue weighted by molar-refractivity contribution is 0.203. The molecule has 0 aromatic carbocycles. The maximum absolute atomic E-state index is 11.2. The molecule has 0 spiro atoms. The lowest BCUT2D eigenvalue weighted by atomic mass is 10.00. The molecule has 0 aromatic heterocycles. The Morgan fingerprint density at radius 3 is 2.33 bits per heavy atom. The van der Waals surface area contributed by atoms with E-state index in [1.54, 1.807) is 14.1 Å². The molecule has 0 fully saturated rings. The number of hydrogen-bond acceptors (Lipinski definition) is 2. The fourth-order valence-electron chi connectivity index (χ4n) is 0.654. The molecule has 0 rings (SSSR count). The van der Waals surface area contributed by atoms with Gasteiger partial charge in [0.1, 0.15) is 0 Å². The highest BCUT2D eigenvalue weighted by Gasteiger charge is 2.22. The van der Waals surface area contributed by atoms with Gasteiger partial charge in [0.15, 0.2) is 0 Å². The van der Waals surface area contributed by atoms with E-state index in [1.807, 2.05) is 13.8 Å². The van der Waals surface area contributed by atoms with Crippen LogP contribution in [0.25, 0.3) is 0 Å². The number of urea groups is 1. The Balaban J connectivity index is 4.12. The van der Waals surface area contributed by atoms with E-state index in [9.17, 15) is 4.79 Å². The van der Waals surface area contributed by atoms with Crippen LogP contribution in [-0.4, -0.2) is 37.1 Å². The Bertz CT molecular complexity index is 152. The van der Waals surface area contributed by atoms with Gasteiger partial charge in [-0.05, 0) is 13.3 Å². The molecule has 0 bridgehead atoms. The third-order valence-electron chi connectivity index (χ3n) is 2.05. The summed E-state index contributed by atoms with van der Waals surface area (Å²) < 4.78 is 0. The lowest BCUT2D eigenvalue weighted by Crippen LogP contribution is -2.53. The summed E-state index contributed by atoms with van der Waals surface area (Å²) in [6.45, 7) is 4.40. The highest BCUT2D eigenvalue weighted by Crippen LogP contribution is 2.06. The Hall–Kier alpha value is -0.770. The van der Waals surface area contributed by atoms with E-state index in [4.69, 9.17) is 5.73 Å². The monoisotopic (exact) mass is 173 g/mol. The number of carbonyl (C=O) groups excluding carboxylic acids is 1. The van der Waals surface area contributed by atoms with Crippen LogP contribution in [0.15, 0.2) is 0 Å². The van der Waals surface area contributed by atoms with Crippen LogP contribution < -0.4 is 11.1 Å². The molecular formula is C8H19N3O. The predicted octanol–water partition coefficient (Wildman–Crippen LogP) is 0.385. The third-order valence-corrected chi connectivity index (χ3v) is 2.05. The number of nitrogens with one attached hydrogen (secondary N) is 1. The van der Waals surface area contributed by atoms with Crippen LogP contribution in [-0.2, 0) is 0 Å². The molecular weight excluding hydrogens is 154 g/mol. The van der Waals surface area contributed by atoms with Crippen molar-refractivity contribution < 1.29 is 4.79 Å². The van der Waals surface area contributed by atoms with Crippen LogP contribution >= 0.6 is 0 Å². The Kier molecular flexibility index (Phi) is 4.03. The number of carbonyl (C=O) groups is 1. The van der Waals surface area contributed by atoms with E-state index < -0.39 is 0 Å². The number of nitrogens with two attached hydrogens (primary N) is 1. The van der Waals surface area contributed by atoms with Crippen LogP contribution in [0.2, 0.25) is 0 Å². The van der Waals surface area contributed by atoms with Crippen molar-refractivity contribution in [3.05, 3.63) is 0 Å². The fraction of sp³-hybridized carbons (Fsp3) is 0.875. The largest absolute Gasteiger partial charge is 0.332 e. The van der Waals surface area contributed by atoms with Gasteiger partial charge >= 0.3 is 6.03 Å². The molecule has 0 aromatic rings. The number of hydrogen-bond donors (Lipinski definition) is 2. The van der Waals surface area contributed by atoms with Crippen LogP contribution in [0.1, 0.15) is 20.3 Å². The minimum atomic E-state index is -0.276. The molecule has 0 radical (unpaired) electrons. The summed E-state index contributed by atoms with van der Waals surface area (Å²) >= 11 is 0. The molecule has 4 nitrogen and oxygen atoms in total. The van der Waals surface area contributed by atoms with Crippen molar-refractivity contribution >= 4 is 6.03 Å². The SMILES string of the molecule is CCC(C)(CN)NC(=O)N(C)C. The summed E-state index contributed by atoms with van der Waals surface area (Å²) in [6, 6.07) is -0.0928. The van der Waals surface area contributed by atoms with E-state index in [0.29, 0.717) is 6.54 Å². The van der Waals surface area contributed by atoms with Gasteiger partial charge in [-0.15, -0.1) is 0 Å². The van der Waals surface area contributed by atoms with Gasteiger partial charge in [-0.25, -0.2) is 4.79 Å². The average Bonchev–Trinajstić information content (AvgIpc) is 2.04. The summed E-state index contributed by atoms with van der Waals surface area (Å²) in [5.74, 6) is 0. The highest BCUT2D eigenvalue weighted by atomic mass is 16.2. The Labute approximate surface area is 74.1 Å². The molecule has 1 unspecified atom stereocenters.